The fourth-order valence-electron chi connectivity index (χ4n) is 7.20. The highest BCUT2D eigenvalue weighted by Gasteiger charge is 2.52. The molecule has 3 aliphatic rings. The lowest BCUT2D eigenvalue weighted by Crippen LogP contribution is -2.58. The Hall–Kier alpha value is -3.79. The highest BCUT2D eigenvalue weighted by Crippen LogP contribution is 2.50. The minimum Gasteiger partial charge on any atom is -0.449 e. The van der Waals surface area contributed by atoms with Gasteiger partial charge in [0.25, 0.3) is 5.91 Å². The quantitative estimate of drug-likeness (QED) is 0.181. The molecule has 6 amide bonds. The number of ether oxygens (including phenoxy) is 1. The predicted molar refractivity (Wildman–Crippen MR) is 213 cm³/mol. The largest absolute Gasteiger partial charge is 0.449 e. The van der Waals surface area contributed by atoms with Gasteiger partial charge < -0.3 is 35.8 Å². The fourth-order valence-corrected chi connectivity index (χ4v) is 10.6. The van der Waals surface area contributed by atoms with E-state index in [0.29, 0.717) is 24.9 Å². The van der Waals surface area contributed by atoms with E-state index in [4.69, 9.17) is 4.74 Å². The van der Waals surface area contributed by atoms with E-state index in [1.54, 1.807) is 72.9 Å². The zero-order chi connectivity index (χ0) is 40.1. The number of carbonyl (C=O) groups is 7. The van der Waals surface area contributed by atoms with Crippen molar-refractivity contribution in [2.24, 2.45) is 11.8 Å². The molecule has 1 aliphatic carbocycles. The van der Waals surface area contributed by atoms with E-state index in [2.05, 4.69) is 21.3 Å². The lowest BCUT2D eigenvalue weighted by Gasteiger charge is -2.35. The van der Waals surface area contributed by atoms with Crippen LogP contribution in [-0.4, -0.2) is 119 Å². The summed E-state index contributed by atoms with van der Waals surface area (Å²) >= 11 is 3.46. The van der Waals surface area contributed by atoms with Crippen molar-refractivity contribution in [2.75, 3.05) is 45.3 Å². The highest BCUT2D eigenvalue weighted by atomic mass is 32.2. The van der Waals surface area contributed by atoms with Crippen molar-refractivity contribution >= 4 is 64.9 Å². The Morgan fingerprint density at radius 2 is 1.60 bits per heavy atom. The molecule has 2 heterocycles. The van der Waals surface area contributed by atoms with Crippen molar-refractivity contribution in [3.05, 3.63) is 35.9 Å². The SMILES string of the molecule is CCCC(NC(=O)[C@@H]1CC2(CN1C(=O)[C@@H](NC(=O)OCC(C)C)C1CCCCC1)SCCCS2)C(=O)C(=O)NCC(=O)N[C@H](C(=O)N(C)C)c1ccccc1. The Kier molecular flexibility index (Phi) is 16.7. The van der Waals surface area contributed by atoms with Gasteiger partial charge in [0.15, 0.2) is 0 Å². The number of Topliss-reactive ketones (excluding diaryl/α,β-unsaturated/α-hetero) is 1. The molecule has 4 N–H and O–H groups in total. The third-order valence-electron chi connectivity index (χ3n) is 10.1. The van der Waals surface area contributed by atoms with Gasteiger partial charge in [0.1, 0.15) is 18.1 Å². The molecule has 3 fully saturated rings. The molecular formula is C39H58N6O8S2. The normalized spacial score (nSPS) is 19.8. The van der Waals surface area contributed by atoms with Crippen LogP contribution in [-0.2, 0) is 33.5 Å². The minimum absolute atomic E-state index is 0.112. The number of carbonyl (C=O) groups excluding carboxylic acids is 7. The standard InChI is InChI=1S/C39H58N6O8S2/c1-6-14-28(33(47)35(49)40-22-30(46)42-31(36(50)44(4)5)26-15-9-7-10-16-26)41-34(48)29-21-39(54-19-13-20-55-39)24-45(29)37(51)32(27-17-11-8-12-18-27)43-38(52)53-23-25(2)3/h7,9-10,15-16,25,27-29,31-32H,6,8,11-14,17-24H2,1-5H3,(H,40,49)(H,41,48)(H,42,46)(H,43,52)/t28?,29-,31-,32-/m0/s1. The number of hydrogen-bond acceptors (Lipinski definition) is 10. The maximum Gasteiger partial charge on any atom is 0.407 e. The van der Waals surface area contributed by atoms with E-state index in [1.165, 1.54) is 4.90 Å². The molecule has 1 saturated carbocycles. The Bertz CT molecular complexity index is 1520. The van der Waals surface area contributed by atoms with Crippen LogP contribution in [0.1, 0.15) is 90.2 Å². The van der Waals surface area contributed by atoms with Gasteiger partial charge in [-0.2, -0.15) is 0 Å². The molecule has 14 nitrogen and oxygen atoms in total. The summed E-state index contributed by atoms with van der Waals surface area (Å²) in [6.45, 7) is 5.61. The molecule has 2 aliphatic heterocycles. The predicted octanol–water partition coefficient (Wildman–Crippen LogP) is 3.40. The average Bonchev–Trinajstić information content (AvgIpc) is 3.55. The summed E-state index contributed by atoms with van der Waals surface area (Å²) in [5.41, 5.74) is 0.556. The van der Waals surface area contributed by atoms with Gasteiger partial charge in [-0.25, -0.2) is 4.79 Å². The lowest BCUT2D eigenvalue weighted by molar-refractivity contribution is -0.143. The van der Waals surface area contributed by atoms with E-state index in [-0.39, 0.29) is 36.7 Å². The van der Waals surface area contributed by atoms with Crippen molar-refractivity contribution in [1.82, 2.24) is 31.1 Å². The number of thioether (sulfide) groups is 2. The molecule has 1 spiro atoms. The highest BCUT2D eigenvalue weighted by molar-refractivity contribution is 8.18. The Labute approximate surface area is 333 Å². The molecule has 0 radical (unpaired) electrons. The monoisotopic (exact) mass is 802 g/mol. The maximum atomic E-state index is 14.6. The molecule has 0 bridgehead atoms. The van der Waals surface area contributed by atoms with Crippen LogP contribution in [0.4, 0.5) is 4.79 Å². The average molecular weight is 803 g/mol. The summed E-state index contributed by atoms with van der Waals surface area (Å²) in [5, 5.41) is 10.6. The minimum atomic E-state index is -1.20. The molecule has 304 valence electrons. The van der Waals surface area contributed by atoms with Gasteiger partial charge in [0.05, 0.1) is 23.3 Å². The number of rotatable bonds is 16. The smallest absolute Gasteiger partial charge is 0.407 e. The summed E-state index contributed by atoms with van der Waals surface area (Å²) in [6, 6.07) is 4.66. The Morgan fingerprint density at radius 3 is 2.22 bits per heavy atom. The number of hydrogen-bond donors (Lipinski definition) is 4. The number of ketones is 1. The van der Waals surface area contributed by atoms with E-state index in [0.717, 1.165) is 50.0 Å². The van der Waals surface area contributed by atoms with Gasteiger partial charge >= 0.3 is 6.09 Å². The molecule has 4 rings (SSSR count). The molecule has 1 unspecified atom stereocenters. The molecule has 55 heavy (non-hydrogen) atoms. The lowest BCUT2D eigenvalue weighted by atomic mass is 9.83. The van der Waals surface area contributed by atoms with E-state index in [1.807, 2.05) is 20.8 Å². The second-order valence-corrected chi connectivity index (χ2v) is 18.4. The second kappa shape index (κ2) is 20.9. The second-order valence-electron chi connectivity index (χ2n) is 15.2. The van der Waals surface area contributed by atoms with Crippen LogP contribution < -0.4 is 21.3 Å². The summed E-state index contributed by atoms with van der Waals surface area (Å²) in [6.07, 6.45) is 5.76. The summed E-state index contributed by atoms with van der Waals surface area (Å²) < 4.78 is 4.99. The first-order valence-electron chi connectivity index (χ1n) is 19.4. The van der Waals surface area contributed by atoms with E-state index < -0.39 is 64.4 Å². The van der Waals surface area contributed by atoms with Crippen LogP contribution in [0.2, 0.25) is 0 Å². The molecule has 0 aromatic heterocycles. The third-order valence-corrected chi connectivity index (χ3v) is 13.4. The van der Waals surface area contributed by atoms with Crippen LogP contribution in [0.5, 0.6) is 0 Å². The molecule has 2 saturated heterocycles. The number of nitrogens with one attached hydrogen (secondary N) is 4. The van der Waals surface area contributed by atoms with E-state index >= 15 is 0 Å². The van der Waals surface area contributed by atoms with Crippen molar-refractivity contribution < 1.29 is 38.3 Å². The van der Waals surface area contributed by atoms with Gasteiger partial charge in [0, 0.05) is 27.1 Å². The topological polar surface area (TPSA) is 183 Å². The molecule has 1 aromatic carbocycles. The summed E-state index contributed by atoms with van der Waals surface area (Å²) in [5.74, 6) is -2.15. The van der Waals surface area contributed by atoms with Crippen molar-refractivity contribution in [3.63, 3.8) is 0 Å². The van der Waals surface area contributed by atoms with E-state index in [9.17, 15) is 33.6 Å². The number of likely N-dealkylation sites (N-methyl/N-ethyl adjacent to an activating group) is 1. The summed E-state index contributed by atoms with van der Waals surface area (Å²) in [4.78, 5) is 97.1. The van der Waals surface area contributed by atoms with Crippen LogP contribution in [0, 0.1) is 11.8 Å². The first kappa shape index (κ1) is 43.9. The first-order valence-corrected chi connectivity index (χ1v) is 21.4. The van der Waals surface area contributed by atoms with Crippen LogP contribution in [0.25, 0.3) is 0 Å². The van der Waals surface area contributed by atoms with Gasteiger partial charge in [-0.15, -0.1) is 23.5 Å². The van der Waals surface area contributed by atoms with Crippen LogP contribution in [0.3, 0.4) is 0 Å². The number of amides is 6. The number of alkyl carbamates (subject to hydrolysis) is 1. The van der Waals surface area contributed by atoms with Crippen molar-refractivity contribution in [1.29, 1.82) is 0 Å². The third kappa shape index (κ3) is 12.3. The zero-order valence-electron chi connectivity index (χ0n) is 32.7. The van der Waals surface area contributed by atoms with Gasteiger partial charge in [-0.1, -0.05) is 76.8 Å². The molecular weight excluding hydrogens is 745 g/mol. The van der Waals surface area contributed by atoms with Crippen LogP contribution in [0.15, 0.2) is 30.3 Å². The van der Waals surface area contributed by atoms with Crippen LogP contribution >= 0.6 is 23.5 Å². The Morgan fingerprint density at radius 1 is 0.927 bits per heavy atom. The van der Waals surface area contributed by atoms with Crippen molar-refractivity contribution in [3.8, 4) is 0 Å². The Balaban J connectivity index is 1.47. The van der Waals surface area contributed by atoms with Gasteiger partial charge in [-0.05, 0) is 54.6 Å². The molecule has 1 aromatic rings. The summed E-state index contributed by atoms with van der Waals surface area (Å²) in [7, 11) is 3.13. The van der Waals surface area contributed by atoms with Gasteiger partial charge in [0.2, 0.25) is 29.4 Å². The van der Waals surface area contributed by atoms with Crippen molar-refractivity contribution in [2.45, 2.75) is 107 Å². The first-order chi connectivity index (χ1) is 26.2. The zero-order valence-corrected chi connectivity index (χ0v) is 34.4. The molecule has 4 atom stereocenters. The van der Waals surface area contributed by atoms with Gasteiger partial charge in [-0.3, -0.25) is 28.8 Å². The number of benzene rings is 1. The molecule has 16 heteroatoms. The fraction of sp³-hybridized carbons (Fsp3) is 0.667. The number of nitrogens with zero attached hydrogens (tertiary/aromatic N) is 2. The maximum absolute atomic E-state index is 14.6. The number of likely N-dealkylation sites (tertiary alicyclic amines) is 1.